The Hall–Kier alpha value is -0.360. The maximum absolute atomic E-state index is 11.4. The highest BCUT2D eigenvalue weighted by Gasteiger charge is 2.21. The van der Waals surface area contributed by atoms with Crippen molar-refractivity contribution in [2.75, 3.05) is 17.8 Å². The first kappa shape index (κ1) is 14.6. The lowest BCUT2D eigenvalue weighted by molar-refractivity contribution is -0.142. The first-order chi connectivity index (χ1) is 7.02. The molecule has 2 unspecified atom stereocenters. The van der Waals surface area contributed by atoms with E-state index in [0.29, 0.717) is 17.9 Å². The summed E-state index contributed by atoms with van der Waals surface area (Å²) >= 11 is 5.55. The van der Waals surface area contributed by atoms with Crippen LogP contribution in [0.3, 0.4) is 0 Å². The fraction of sp³-hybridized carbons (Fsp3) is 0.778. The van der Waals surface area contributed by atoms with Gasteiger partial charge < -0.3 is 10.4 Å². The number of thiol groups is 1. The molecule has 2 N–H and O–H groups in total. The molecule has 0 rings (SSSR count). The molecule has 0 heterocycles. The second-order valence-corrected chi connectivity index (χ2v) is 4.62. The number of rotatable bonds is 7. The number of aliphatic carboxylic acids is 1. The molecule has 0 aliphatic heterocycles. The van der Waals surface area contributed by atoms with E-state index in [9.17, 15) is 9.59 Å². The lowest BCUT2D eigenvalue weighted by atomic mass is 10.1. The molecule has 15 heavy (non-hydrogen) atoms. The Morgan fingerprint density at radius 3 is 2.53 bits per heavy atom. The van der Waals surface area contributed by atoms with E-state index in [2.05, 4.69) is 17.9 Å². The van der Waals surface area contributed by atoms with E-state index in [4.69, 9.17) is 5.11 Å². The van der Waals surface area contributed by atoms with Crippen molar-refractivity contribution in [2.24, 2.45) is 5.92 Å². The predicted molar refractivity (Wildman–Crippen MR) is 65.6 cm³/mol. The second-order valence-electron chi connectivity index (χ2n) is 3.26. The molecule has 0 aromatic heterocycles. The summed E-state index contributed by atoms with van der Waals surface area (Å²) in [5.74, 6) is -0.362. The highest BCUT2D eigenvalue weighted by atomic mass is 32.2. The quantitative estimate of drug-likeness (QED) is 0.588. The van der Waals surface area contributed by atoms with E-state index in [1.165, 1.54) is 0 Å². The Morgan fingerprint density at radius 2 is 2.13 bits per heavy atom. The van der Waals surface area contributed by atoms with Gasteiger partial charge in [-0.05, 0) is 18.4 Å². The summed E-state index contributed by atoms with van der Waals surface area (Å²) in [4.78, 5) is 22.2. The van der Waals surface area contributed by atoms with Crippen molar-refractivity contribution in [1.29, 1.82) is 0 Å². The Balaban J connectivity index is 4.16. The number of thioether (sulfide) groups is 1. The molecule has 0 aromatic rings. The van der Waals surface area contributed by atoms with Crippen LogP contribution in [0.4, 0.5) is 0 Å². The van der Waals surface area contributed by atoms with Crippen LogP contribution in [0.25, 0.3) is 0 Å². The van der Waals surface area contributed by atoms with Crippen LogP contribution < -0.4 is 5.32 Å². The van der Waals surface area contributed by atoms with E-state index in [0.717, 1.165) is 0 Å². The van der Waals surface area contributed by atoms with Gasteiger partial charge in [0.05, 0.1) is 0 Å². The first-order valence-electron chi connectivity index (χ1n) is 4.65. The van der Waals surface area contributed by atoms with E-state index >= 15 is 0 Å². The minimum atomic E-state index is -0.983. The molecule has 0 aromatic carbocycles. The number of hydrogen-bond acceptors (Lipinski definition) is 4. The number of carbonyl (C=O) groups is 2. The van der Waals surface area contributed by atoms with Gasteiger partial charge in [0.15, 0.2) is 0 Å². The molecule has 6 heteroatoms. The van der Waals surface area contributed by atoms with Gasteiger partial charge in [0, 0.05) is 11.7 Å². The van der Waals surface area contributed by atoms with Crippen molar-refractivity contribution in [2.45, 2.75) is 19.4 Å². The zero-order chi connectivity index (χ0) is 11.8. The second kappa shape index (κ2) is 7.87. The minimum Gasteiger partial charge on any atom is -0.480 e. The summed E-state index contributed by atoms with van der Waals surface area (Å²) in [6.07, 6.45) is 2.35. The van der Waals surface area contributed by atoms with E-state index in [1.54, 1.807) is 18.7 Å². The van der Waals surface area contributed by atoms with Crippen molar-refractivity contribution in [1.82, 2.24) is 5.32 Å². The average molecular weight is 251 g/mol. The van der Waals surface area contributed by atoms with Crippen LogP contribution in [0.15, 0.2) is 0 Å². The number of nitrogens with one attached hydrogen (secondary N) is 1. The van der Waals surface area contributed by atoms with E-state index < -0.39 is 12.0 Å². The number of hydrogen-bond donors (Lipinski definition) is 3. The zero-order valence-electron chi connectivity index (χ0n) is 8.90. The van der Waals surface area contributed by atoms with Gasteiger partial charge in [0.1, 0.15) is 6.04 Å². The summed E-state index contributed by atoms with van der Waals surface area (Å²) in [6, 6.07) is -0.785. The van der Waals surface area contributed by atoms with Crippen LogP contribution in [-0.2, 0) is 9.59 Å². The van der Waals surface area contributed by atoms with Crippen molar-refractivity contribution in [3.8, 4) is 0 Å². The van der Waals surface area contributed by atoms with Crippen LogP contribution >= 0.6 is 24.4 Å². The molecular formula is C9H17NO3S2. The van der Waals surface area contributed by atoms with Crippen molar-refractivity contribution < 1.29 is 14.7 Å². The SMILES string of the molecule is CSCCC(NC(=O)C(C)CS)C(=O)O. The largest absolute Gasteiger partial charge is 0.480 e. The lowest BCUT2D eigenvalue weighted by Crippen LogP contribution is -2.43. The molecule has 0 spiro atoms. The third kappa shape index (κ3) is 5.94. The minimum absolute atomic E-state index is 0.251. The molecule has 0 fully saturated rings. The number of amides is 1. The Morgan fingerprint density at radius 1 is 1.53 bits per heavy atom. The van der Waals surface area contributed by atoms with E-state index in [-0.39, 0.29) is 11.8 Å². The van der Waals surface area contributed by atoms with Crippen LogP contribution in [0.5, 0.6) is 0 Å². The average Bonchev–Trinajstić information content (AvgIpc) is 2.22. The molecule has 0 bridgehead atoms. The van der Waals surface area contributed by atoms with Crippen molar-refractivity contribution >= 4 is 36.3 Å². The van der Waals surface area contributed by atoms with Crippen LogP contribution in [0.1, 0.15) is 13.3 Å². The molecule has 0 aliphatic carbocycles. The lowest BCUT2D eigenvalue weighted by Gasteiger charge is -2.16. The van der Waals surface area contributed by atoms with Gasteiger partial charge in [-0.25, -0.2) is 4.79 Å². The Kier molecular flexibility index (Phi) is 7.68. The van der Waals surface area contributed by atoms with Gasteiger partial charge in [-0.3, -0.25) is 4.79 Å². The number of carbonyl (C=O) groups excluding carboxylic acids is 1. The molecule has 0 aliphatic rings. The monoisotopic (exact) mass is 251 g/mol. The van der Waals surface area contributed by atoms with Gasteiger partial charge in [-0.15, -0.1) is 0 Å². The Labute approximate surface area is 99.6 Å². The standard InChI is InChI=1S/C9H17NO3S2/c1-6(5-14)8(11)10-7(9(12)13)3-4-15-2/h6-7,14H,3-5H2,1-2H3,(H,10,11)(H,12,13). The molecule has 88 valence electrons. The molecule has 0 saturated heterocycles. The van der Waals surface area contributed by atoms with E-state index in [1.807, 2.05) is 6.26 Å². The van der Waals surface area contributed by atoms with Crippen molar-refractivity contribution in [3.05, 3.63) is 0 Å². The Bertz CT molecular complexity index is 223. The smallest absolute Gasteiger partial charge is 0.326 e. The van der Waals surface area contributed by atoms with Gasteiger partial charge in [0.25, 0.3) is 0 Å². The predicted octanol–water partition coefficient (Wildman–Crippen LogP) is 0.875. The molecule has 1 amide bonds. The van der Waals surface area contributed by atoms with Gasteiger partial charge in [0.2, 0.25) is 5.91 Å². The molecule has 2 atom stereocenters. The van der Waals surface area contributed by atoms with Gasteiger partial charge in [-0.1, -0.05) is 6.92 Å². The van der Waals surface area contributed by atoms with Crippen molar-refractivity contribution in [3.63, 3.8) is 0 Å². The number of carboxylic acid groups (broad SMARTS) is 1. The fourth-order valence-electron chi connectivity index (χ4n) is 0.890. The molecule has 0 saturated carbocycles. The summed E-state index contributed by atoms with van der Waals surface area (Å²) in [7, 11) is 0. The van der Waals surface area contributed by atoms with Gasteiger partial charge in [-0.2, -0.15) is 24.4 Å². The van der Waals surface area contributed by atoms with Gasteiger partial charge >= 0.3 is 5.97 Å². The third-order valence-corrected chi connectivity index (χ3v) is 3.14. The molecule has 0 radical (unpaired) electrons. The summed E-state index contributed by atoms with van der Waals surface area (Å²) < 4.78 is 0. The normalized spacial score (nSPS) is 14.3. The first-order valence-corrected chi connectivity index (χ1v) is 6.68. The highest BCUT2D eigenvalue weighted by Crippen LogP contribution is 2.03. The zero-order valence-corrected chi connectivity index (χ0v) is 10.6. The topological polar surface area (TPSA) is 66.4 Å². The van der Waals surface area contributed by atoms with Crippen LogP contribution in [0, 0.1) is 5.92 Å². The maximum Gasteiger partial charge on any atom is 0.326 e. The van der Waals surface area contributed by atoms with Crippen LogP contribution in [0.2, 0.25) is 0 Å². The highest BCUT2D eigenvalue weighted by molar-refractivity contribution is 7.98. The maximum atomic E-state index is 11.4. The summed E-state index contributed by atoms with van der Waals surface area (Å²) in [6.45, 7) is 1.72. The third-order valence-electron chi connectivity index (χ3n) is 1.95. The molecule has 4 nitrogen and oxygen atoms in total. The fourth-order valence-corrected chi connectivity index (χ4v) is 1.53. The molecular weight excluding hydrogens is 234 g/mol. The number of carboxylic acids is 1. The van der Waals surface area contributed by atoms with Crippen LogP contribution in [-0.4, -0.2) is 40.8 Å². The summed E-state index contributed by atoms with van der Waals surface area (Å²) in [5.41, 5.74) is 0. The summed E-state index contributed by atoms with van der Waals surface area (Å²) in [5, 5.41) is 11.4.